The van der Waals surface area contributed by atoms with Crippen molar-refractivity contribution in [3.8, 4) is 0 Å². The van der Waals surface area contributed by atoms with Gasteiger partial charge in [0.15, 0.2) is 6.16 Å². The minimum atomic E-state index is -1.72. The van der Waals surface area contributed by atoms with Crippen LogP contribution in [0.4, 0.5) is 0 Å². The van der Waals surface area contributed by atoms with Crippen molar-refractivity contribution < 1.29 is 13.9 Å². The van der Waals surface area contributed by atoms with Gasteiger partial charge in [0.2, 0.25) is 0 Å². The van der Waals surface area contributed by atoms with E-state index in [0.717, 1.165) is 0 Å². The minimum absolute atomic E-state index is 0.398. The standard InChI is InChI=1S/C4H8O3P/c1-3-8(6)7-4(2)5/h3H2,1-2H3/q+1. The van der Waals surface area contributed by atoms with E-state index in [9.17, 15) is 9.36 Å². The molecule has 0 aliphatic heterocycles. The number of carbonyl (C=O) groups is 1. The molecule has 0 aromatic carbocycles. The largest absolute Gasteiger partial charge is 0.558 e. The van der Waals surface area contributed by atoms with Crippen LogP contribution in [0.15, 0.2) is 0 Å². The maximum atomic E-state index is 10.3. The molecule has 0 saturated heterocycles. The van der Waals surface area contributed by atoms with Crippen LogP contribution in [-0.2, 0) is 13.9 Å². The topological polar surface area (TPSA) is 43.4 Å². The third-order valence-electron chi connectivity index (χ3n) is 0.489. The van der Waals surface area contributed by atoms with Crippen molar-refractivity contribution in [3.63, 3.8) is 0 Å². The first-order valence-corrected chi connectivity index (χ1v) is 3.66. The van der Waals surface area contributed by atoms with Crippen molar-refractivity contribution >= 4 is 14.0 Å². The van der Waals surface area contributed by atoms with E-state index in [-0.39, 0.29) is 0 Å². The molecule has 0 heterocycles. The number of carbonyl (C=O) groups excluding carboxylic acids is 1. The summed E-state index contributed by atoms with van der Waals surface area (Å²) >= 11 is 0. The Hall–Kier alpha value is -0.430. The molecule has 0 spiro atoms. The molecule has 0 aromatic rings. The van der Waals surface area contributed by atoms with E-state index in [1.165, 1.54) is 6.92 Å². The van der Waals surface area contributed by atoms with Gasteiger partial charge in [0.1, 0.15) is 0 Å². The summed E-state index contributed by atoms with van der Waals surface area (Å²) in [6.45, 7) is 2.94. The van der Waals surface area contributed by atoms with Crippen molar-refractivity contribution in [3.05, 3.63) is 0 Å². The van der Waals surface area contributed by atoms with Crippen molar-refractivity contribution in [2.24, 2.45) is 0 Å². The molecule has 0 fully saturated rings. The second-order valence-corrected chi connectivity index (χ2v) is 2.71. The lowest BCUT2D eigenvalue weighted by Crippen LogP contribution is -1.89. The summed E-state index contributed by atoms with van der Waals surface area (Å²) in [7, 11) is -1.72. The normalized spacial score (nSPS) is 10.5. The first-order valence-electron chi connectivity index (χ1n) is 2.30. The van der Waals surface area contributed by atoms with Gasteiger partial charge in [0.05, 0.1) is 0 Å². The first kappa shape index (κ1) is 7.57. The van der Waals surface area contributed by atoms with E-state index in [1.807, 2.05) is 0 Å². The predicted octanol–water partition coefficient (Wildman–Crippen LogP) is 1.31. The summed E-state index contributed by atoms with van der Waals surface area (Å²) < 4.78 is 14.6. The molecule has 0 saturated carbocycles. The van der Waals surface area contributed by atoms with Crippen molar-refractivity contribution in [2.45, 2.75) is 13.8 Å². The zero-order valence-electron chi connectivity index (χ0n) is 4.88. The van der Waals surface area contributed by atoms with Crippen LogP contribution in [-0.4, -0.2) is 12.1 Å². The highest BCUT2D eigenvalue weighted by Gasteiger charge is 2.15. The third kappa shape index (κ3) is 3.75. The SMILES string of the molecule is CC[P+](=O)OC(C)=O. The van der Waals surface area contributed by atoms with Crippen molar-refractivity contribution in [2.75, 3.05) is 6.16 Å². The van der Waals surface area contributed by atoms with Gasteiger partial charge in [-0.15, -0.1) is 0 Å². The van der Waals surface area contributed by atoms with E-state index >= 15 is 0 Å². The van der Waals surface area contributed by atoms with Crippen LogP contribution in [0.3, 0.4) is 0 Å². The maximum absolute atomic E-state index is 10.3. The molecule has 0 amide bonds. The van der Waals surface area contributed by atoms with Crippen LogP contribution in [0.1, 0.15) is 13.8 Å². The quantitative estimate of drug-likeness (QED) is 0.536. The Morgan fingerprint density at radius 3 is 2.38 bits per heavy atom. The van der Waals surface area contributed by atoms with Crippen LogP contribution in [0.25, 0.3) is 0 Å². The Kier molecular flexibility index (Phi) is 3.37. The van der Waals surface area contributed by atoms with Gasteiger partial charge in [-0.2, -0.15) is 0 Å². The van der Waals surface area contributed by atoms with Crippen LogP contribution < -0.4 is 0 Å². The molecule has 0 N–H and O–H groups in total. The van der Waals surface area contributed by atoms with Gasteiger partial charge in [0.25, 0.3) is 0 Å². The molecular formula is C4H8O3P+. The molecule has 4 heteroatoms. The summed E-state index contributed by atoms with van der Waals surface area (Å²) in [5.41, 5.74) is 0. The molecule has 1 unspecified atom stereocenters. The Morgan fingerprint density at radius 1 is 1.75 bits per heavy atom. The molecule has 0 aliphatic rings. The van der Waals surface area contributed by atoms with Gasteiger partial charge in [-0.25, -0.2) is 9.32 Å². The summed E-state index contributed by atoms with van der Waals surface area (Å²) in [5.74, 6) is -0.479. The van der Waals surface area contributed by atoms with Crippen LogP contribution >= 0.6 is 8.03 Å². The Labute approximate surface area is 48.9 Å². The molecule has 0 radical (unpaired) electrons. The lowest BCUT2D eigenvalue weighted by atomic mass is 10.9. The summed E-state index contributed by atoms with van der Waals surface area (Å²) in [4.78, 5) is 10.0. The van der Waals surface area contributed by atoms with Gasteiger partial charge < -0.3 is 0 Å². The Balaban J connectivity index is 3.40. The highest BCUT2D eigenvalue weighted by atomic mass is 31.1. The lowest BCUT2D eigenvalue weighted by Gasteiger charge is -1.77. The van der Waals surface area contributed by atoms with Gasteiger partial charge in [-0.3, -0.25) is 0 Å². The second-order valence-electron chi connectivity index (χ2n) is 1.23. The maximum Gasteiger partial charge on any atom is 0.558 e. The first-order chi connectivity index (χ1) is 3.66. The monoisotopic (exact) mass is 135 g/mol. The van der Waals surface area contributed by atoms with Crippen LogP contribution in [0.5, 0.6) is 0 Å². The summed E-state index contributed by atoms with van der Waals surface area (Å²) in [6, 6.07) is 0. The molecule has 0 aliphatic carbocycles. The predicted molar refractivity (Wildman–Crippen MR) is 29.9 cm³/mol. The zero-order chi connectivity index (χ0) is 6.57. The lowest BCUT2D eigenvalue weighted by molar-refractivity contribution is -0.131. The number of rotatable bonds is 2. The Morgan fingerprint density at radius 2 is 2.25 bits per heavy atom. The highest BCUT2D eigenvalue weighted by molar-refractivity contribution is 7.39. The van der Waals surface area contributed by atoms with E-state index in [0.29, 0.717) is 6.16 Å². The molecule has 0 rings (SSSR count). The molecule has 1 atom stereocenters. The molecule has 46 valence electrons. The van der Waals surface area contributed by atoms with E-state index in [1.54, 1.807) is 6.92 Å². The van der Waals surface area contributed by atoms with E-state index in [4.69, 9.17) is 0 Å². The van der Waals surface area contributed by atoms with Crippen molar-refractivity contribution in [1.82, 2.24) is 0 Å². The van der Waals surface area contributed by atoms with Gasteiger partial charge in [-0.05, 0) is 11.5 Å². The van der Waals surface area contributed by atoms with E-state index < -0.39 is 14.0 Å². The summed E-state index contributed by atoms with van der Waals surface area (Å²) in [5, 5.41) is 0. The number of hydrogen-bond acceptors (Lipinski definition) is 3. The fraction of sp³-hybridized carbons (Fsp3) is 0.750. The minimum Gasteiger partial charge on any atom is -0.247 e. The zero-order valence-corrected chi connectivity index (χ0v) is 5.77. The average Bonchev–Trinajstić information content (AvgIpc) is 1.65. The molecular weight excluding hydrogens is 127 g/mol. The second kappa shape index (κ2) is 3.56. The van der Waals surface area contributed by atoms with E-state index in [2.05, 4.69) is 4.52 Å². The third-order valence-corrected chi connectivity index (χ3v) is 1.47. The molecule has 0 bridgehead atoms. The molecule has 0 aromatic heterocycles. The highest BCUT2D eigenvalue weighted by Crippen LogP contribution is 2.19. The van der Waals surface area contributed by atoms with Gasteiger partial charge in [0, 0.05) is 6.92 Å². The van der Waals surface area contributed by atoms with Gasteiger partial charge in [-0.1, -0.05) is 0 Å². The molecule has 8 heavy (non-hydrogen) atoms. The average molecular weight is 135 g/mol. The molecule has 3 nitrogen and oxygen atoms in total. The fourth-order valence-corrected chi connectivity index (χ4v) is 0.624. The van der Waals surface area contributed by atoms with Gasteiger partial charge >= 0.3 is 14.0 Å². The number of hydrogen-bond donors (Lipinski definition) is 0. The smallest absolute Gasteiger partial charge is 0.247 e. The van der Waals surface area contributed by atoms with Crippen LogP contribution in [0.2, 0.25) is 0 Å². The fourth-order valence-electron chi connectivity index (χ4n) is 0.208. The summed E-state index contributed by atoms with van der Waals surface area (Å²) in [6.07, 6.45) is 0.398. The Bertz CT molecular complexity index is 110. The van der Waals surface area contributed by atoms with Crippen molar-refractivity contribution in [1.29, 1.82) is 0 Å². The van der Waals surface area contributed by atoms with Crippen LogP contribution in [0, 0.1) is 0 Å².